The lowest BCUT2D eigenvalue weighted by atomic mass is 10.1. The van der Waals surface area contributed by atoms with E-state index >= 15 is 0 Å². The highest BCUT2D eigenvalue weighted by atomic mass is 19.1. The third-order valence-electron chi connectivity index (χ3n) is 3.04. The van der Waals surface area contributed by atoms with Gasteiger partial charge in [-0.05, 0) is 42.8 Å². The van der Waals surface area contributed by atoms with Crippen molar-refractivity contribution in [3.63, 3.8) is 0 Å². The Hall–Kier alpha value is -2.56. The van der Waals surface area contributed by atoms with Crippen LogP contribution in [0.15, 0.2) is 42.5 Å². The third kappa shape index (κ3) is 3.06. The van der Waals surface area contributed by atoms with Crippen LogP contribution in [0.3, 0.4) is 0 Å². The van der Waals surface area contributed by atoms with Crippen LogP contribution in [0.25, 0.3) is 0 Å². The molecule has 104 valence electrons. The molecule has 2 aromatic carbocycles. The minimum absolute atomic E-state index is 0.123. The molecule has 2 aromatic rings. The van der Waals surface area contributed by atoms with Crippen LogP contribution in [0.2, 0.25) is 0 Å². The number of hydrogen-bond donors (Lipinski definition) is 3. The molecular weight excluding hydrogens is 259 g/mol. The lowest BCUT2D eigenvalue weighted by Gasteiger charge is -2.17. The molecule has 1 atom stereocenters. The number of halogens is 1. The summed E-state index contributed by atoms with van der Waals surface area (Å²) in [6.45, 7) is 1.89. The van der Waals surface area contributed by atoms with Crippen LogP contribution >= 0.6 is 0 Å². The van der Waals surface area contributed by atoms with Crippen LogP contribution in [-0.2, 0) is 0 Å². The molecular formula is C15H15FN2O2. The summed E-state index contributed by atoms with van der Waals surface area (Å²) in [4.78, 5) is 10.9. The van der Waals surface area contributed by atoms with E-state index in [4.69, 9.17) is 10.8 Å². The Morgan fingerprint density at radius 1 is 1.25 bits per heavy atom. The van der Waals surface area contributed by atoms with Crippen molar-refractivity contribution in [3.8, 4) is 0 Å². The van der Waals surface area contributed by atoms with E-state index in [0.29, 0.717) is 11.4 Å². The molecule has 0 bridgehead atoms. The number of nitrogens with one attached hydrogen (secondary N) is 1. The summed E-state index contributed by atoms with van der Waals surface area (Å²) >= 11 is 0. The van der Waals surface area contributed by atoms with Gasteiger partial charge in [-0.25, -0.2) is 9.18 Å². The molecule has 0 saturated heterocycles. The van der Waals surface area contributed by atoms with E-state index in [0.717, 1.165) is 5.56 Å². The zero-order valence-electron chi connectivity index (χ0n) is 10.9. The SMILES string of the molecule is CC(Nc1cc(C(=O)O)ccc1N)c1ccc(F)cc1. The highest BCUT2D eigenvalue weighted by Gasteiger charge is 2.10. The number of benzene rings is 2. The van der Waals surface area contributed by atoms with Crippen molar-refractivity contribution >= 4 is 17.3 Å². The molecule has 4 N–H and O–H groups in total. The first-order chi connectivity index (χ1) is 9.47. The second-order valence-electron chi connectivity index (χ2n) is 4.52. The average molecular weight is 274 g/mol. The quantitative estimate of drug-likeness (QED) is 0.748. The number of nitrogens with two attached hydrogens (primary N) is 1. The fourth-order valence-electron chi connectivity index (χ4n) is 1.88. The largest absolute Gasteiger partial charge is 0.478 e. The maximum Gasteiger partial charge on any atom is 0.335 e. The summed E-state index contributed by atoms with van der Waals surface area (Å²) in [5.74, 6) is -1.31. The molecule has 0 aliphatic carbocycles. The predicted molar refractivity (Wildman–Crippen MR) is 76.3 cm³/mol. The van der Waals surface area contributed by atoms with Gasteiger partial charge in [-0.3, -0.25) is 0 Å². The maximum absolute atomic E-state index is 12.9. The van der Waals surface area contributed by atoms with Gasteiger partial charge in [0.05, 0.1) is 16.9 Å². The van der Waals surface area contributed by atoms with Gasteiger partial charge in [-0.2, -0.15) is 0 Å². The van der Waals surface area contributed by atoms with Crippen molar-refractivity contribution in [1.29, 1.82) is 0 Å². The van der Waals surface area contributed by atoms with Gasteiger partial charge in [0.2, 0.25) is 0 Å². The van der Waals surface area contributed by atoms with Gasteiger partial charge in [-0.1, -0.05) is 12.1 Å². The zero-order valence-corrected chi connectivity index (χ0v) is 10.9. The smallest absolute Gasteiger partial charge is 0.335 e. The van der Waals surface area contributed by atoms with Gasteiger partial charge in [0.15, 0.2) is 0 Å². The Bertz CT molecular complexity index is 626. The van der Waals surface area contributed by atoms with Gasteiger partial charge >= 0.3 is 5.97 Å². The number of carboxylic acid groups (broad SMARTS) is 1. The Labute approximate surface area is 116 Å². The van der Waals surface area contributed by atoms with Gasteiger partial charge in [0.1, 0.15) is 5.82 Å². The summed E-state index contributed by atoms with van der Waals surface area (Å²) in [5.41, 5.74) is 7.87. The molecule has 2 rings (SSSR count). The van der Waals surface area contributed by atoms with Gasteiger partial charge in [-0.15, -0.1) is 0 Å². The summed E-state index contributed by atoms with van der Waals surface area (Å²) in [6, 6.07) is 10.5. The maximum atomic E-state index is 12.9. The molecule has 4 nitrogen and oxygen atoms in total. The van der Waals surface area contributed by atoms with Crippen LogP contribution in [-0.4, -0.2) is 11.1 Å². The summed E-state index contributed by atoms with van der Waals surface area (Å²) < 4.78 is 12.9. The summed E-state index contributed by atoms with van der Waals surface area (Å²) in [5, 5.41) is 12.1. The third-order valence-corrected chi connectivity index (χ3v) is 3.04. The standard InChI is InChI=1S/C15H15FN2O2/c1-9(10-2-5-12(16)6-3-10)18-14-8-11(15(19)20)4-7-13(14)17/h2-9,18H,17H2,1H3,(H,19,20). The first-order valence-electron chi connectivity index (χ1n) is 6.12. The van der Waals surface area contributed by atoms with Crippen molar-refractivity contribution in [3.05, 3.63) is 59.4 Å². The van der Waals surface area contributed by atoms with Crippen LogP contribution < -0.4 is 11.1 Å². The Kier molecular flexibility index (Phi) is 3.89. The van der Waals surface area contributed by atoms with Crippen molar-refractivity contribution in [2.75, 3.05) is 11.1 Å². The van der Waals surface area contributed by atoms with Crippen molar-refractivity contribution in [1.82, 2.24) is 0 Å². The topological polar surface area (TPSA) is 75.3 Å². The number of carbonyl (C=O) groups is 1. The number of rotatable bonds is 4. The molecule has 0 amide bonds. The predicted octanol–water partition coefficient (Wildman–Crippen LogP) is 3.28. The number of nitrogen functional groups attached to an aromatic ring is 1. The van der Waals surface area contributed by atoms with Gasteiger partial charge in [0, 0.05) is 6.04 Å². The fourth-order valence-corrected chi connectivity index (χ4v) is 1.88. The molecule has 0 radical (unpaired) electrons. The second-order valence-corrected chi connectivity index (χ2v) is 4.52. The van der Waals surface area contributed by atoms with Crippen LogP contribution in [0.4, 0.5) is 15.8 Å². The highest BCUT2D eigenvalue weighted by molar-refractivity contribution is 5.90. The molecule has 5 heteroatoms. The number of anilines is 2. The minimum Gasteiger partial charge on any atom is -0.478 e. The molecule has 20 heavy (non-hydrogen) atoms. The molecule has 0 aliphatic heterocycles. The van der Waals surface area contributed by atoms with E-state index in [1.54, 1.807) is 18.2 Å². The monoisotopic (exact) mass is 274 g/mol. The molecule has 0 saturated carbocycles. The summed E-state index contributed by atoms with van der Waals surface area (Å²) in [6.07, 6.45) is 0. The summed E-state index contributed by atoms with van der Waals surface area (Å²) in [7, 11) is 0. The molecule has 0 spiro atoms. The zero-order chi connectivity index (χ0) is 14.7. The van der Waals surface area contributed by atoms with Crippen LogP contribution in [0, 0.1) is 5.82 Å². The molecule has 0 fully saturated rings. The van der Waals surface area contributed by atoms with E-state index in [1.165, 1.54) is 24.3 Å². The van der Waals surface area contributed by atoms with E-state index in [2.05, 4.69) is 5.32 Å². The second kappa shape index (κ2) is 5.61. The van der Waals surface area contributed by atoms with E-state index in [9.17, 15) is 9.18 Å². The molecule has 0 heterocycles. The Morgan fingerprint density at radius 2 is 1.90 bits per heavy atom. The number of aromatic carboxylic acids is 1. The lowest BCUT2D eigenvalue weighted by Crippen LogP contribution is -2.09. The molecule has 0 aliphatic rings. The van der Waals surface area contributed by atoms with Crippen molar-refractivity contribution < 1.29 is 14.3 Å². The van der Waals surface area contributed by atoms with E-state index in [-0.39, 0.29) is 17.4 Å². The number of hydrogen-bond acceptors (Lipinski definition) is 3. The lowest BCUT2D eigenvalue weighted by molar-refractivity contribution is 0.0697. The van der Waals surface area contributed by atoms with E-state index < -0.39 is 5.97 Å². The Morgan fingerprint density at radius 3 is 2.50 bits per heavy atom. The molecule has 1 unspecified atom stereocenters. The number of carboxylic acids is 1. The van der Waals surface area contributed by atoms with Crippen LogP contribution in [0.1, 0.15) is 28.9 Å². The van der Waals surface area contributed by atoms with Crippen molar-refractivity contribution in [2.45, 2.75) is 13.0 Å². The van der Waals surface area contributed by atoms with Crippen molar-refractivity contribution in [2.24, 2.45) is 0 Å². The first kappa shape index (κ1) is 13.9. The van der Waals surface area contributed by atoms with Gasteiger partial charge < -0.3 is 16.2 Å². The normalized spacial score (nSPS) is 11.9. The van der Waals surface area contributed by atoms with Gasteiger partial charge in [0.25, 0.3) is 0 Å². The van der Waals surface area contributed by atoms with Crippen LogP contribution in [0.5, 0.6) is 0 Å². The van der Waals surface area contributed by atoms with E-state index in [1.807, 2.05) is 6.92 Å². The molecule has 0 aromatic heterocycles. The first-order valence-corrected chi connectivity index (χ1v) is 6.12. The average Bonchev–Trinajstić information content (AvgIpc) is 2.41. The fraction of sp³-hybridized carbons (Fsp3) is 0.133. The Balaban J connectivity index is 2.22. The highest BCUT2D eigenvalue weighted by Crippen LogP contribution is 2.25. The minimum atomic E-state index is -1.01.